The van der Waals surface area contributed by atoms with Crippen molar-refractivity contribution in [2.24, 2.45) is 0 Å². The molecule has 0 aliphatic heterocycles. The van der Waals surface area contributed by atoms with Gasteiger partial charge in [-0.3, -0.25) is 0 Å². The second-order valence-electron chi connectivity index (χ2n) is 28.1. The van der Waals surface area contributed by atoms with Crippen LogP contribution < -0.4 is 0 Å². The summed E-state index contributed by atoms with van der Waals surface area (Å²) in [6, 6.07) is 134. The molecular weight excluding hydrogens is 1230 g/mol. The van der Waals surface area contributed by atoms with Crippen molar-refractivity contribution in [2.75, 3.05) is 0 Å². The Hall–Kier alpha value is -13.3. The average Bonchev–Trinajstić information content (AvgIpc) is 1.50. The van der Waals surface area contributed by atoms with Gasteiger partial charge in [0, 0.05) is 0 Å². The van der Waals surface area contributed by atoms with Crippen LogP contribution in [0.4, 0.5) is 0 Å². The van der Waals surface area contributed by atoms with E-state index in [4.69, 9.17) is 0 Å². The van der Waals surface area contributed by atoms with Crippen molar-refractivity contribution in [3.05, 3.63) is 352 Å². The highest BCUT2D eigenvalue weighted by Crippen LogP contribution is 2.68. The van der Waals surface area contributed by atoms with Crippen LogP contribution in [0.1, 0.15) is 0 Å². The lowest BCUT2D eigenvalue weighted by Gasteiger charge is -2.25. The highest BCUT2D eigenvalue weighted by atomic mass is 14.4. The number of rotatable bonds is 8. The summed E-state index contributed by atoms with van der Waals surface area (Å²) in [5.41, 5.74) is 40.5. The van der Waals surface area contributed by atoms with Gasteiger partial charge in [0.15, 0.2) is 0 Å². The summed E-state index contributed by atoms with van der Waals surface area (Å²) in [5, 5.41) is 15.3. The van der Waals surface area contributed by atoms with Crippen LogP contribution in [0.25, 0.3) is 243 Å². The van der Waals surface area contributed by atoms with Gasteiger partial charge in [0.2, 0.25) is 0 Å². The molecule has 0 unspecified atom stereocenters. The Balaban J connectivity index is 0.865. The van der Waals surface area contributed by atoms with Crippen molar-refractivity contribution in [1.82, 2.24) is 0 Å². The van der Waals surface area contributed by atoms with Crippen LogP contribution in [0.15, 0.2) is 352 Å². The van der Waals surface area contributed by atoms with Crippen molar-refractivity contribution in [3.63, 3.8) is 0 Å². The van der Waals surface area contributed by atoms with E-state index in [2.05, 4.69) is 352 Å². The molecule has 0 radical (unpaired) electrons. The molecule has 0 saturated carbocycles. The number of fused-ring (bicyclic) bond motifs is 16. The van der Waals surface area contributed by atoms with E-state index in [0.717, 1.165) is 0 Å². The summed E-state index contributed by atoms with van der Waals surface area (Å²) >= 11 is 0. The van der Waals surface area contributed by atoms with Crippen LogP contribution in [0.5, 0.6) is 0 Å². The van der Waals surface area contributed by atoms with Gasteiger partial charge < -0.3 is 0 Å². The maximum atomic E-state index is 2.64. The van der Waals surface area contributed by atoms with Crippen molar-refractivity contribution in [2.45, 2.75) is 0 Å². The van der Waals surface area contributed by atoms with Crippen molar-refractivity contribution in [1.29, 1.82) is 0 Å². The van der Waals surface area contributed by atoms with Crippen molar-refractivity contribution < 1.29 is 0 Å². The second-order valence-corrected chi connectivity index (χ2v) is 28.1. The molecule has 19 aromatic carbocycles. The van der Waals surface area contributed by atoms with Gasteiger partial charge in [-0.1, -0.05) is 340 Å². The van der Waals surface area contributed by atoms with E-state index < -0.39 is 0 Å². The summed E-state index contributed by atoms with van der Waals surface area (Å²) in [6.45, 7) is 0. The maximum Gasteiger partial charge on any atom is -0.000740 e. The Morgan fingerprint density at radius 1 is 0.0980 bits per heavy atom. The lowest BCUT2D eigenvalue weighted by atomic mass is 9.78. The first-order chi connectivity index (χ1) is 50.7. The number of benzene rings is 19. The van der Waals surface area contributed by atoms with E-state index in [0.29, 0.717) is 0 Å². The zero-order valence-electron chi connectivity index (χ0n) is 55.5. The van der Waals surface area contributed by atoms with E-state index in [9.17, 15) is 0 Å². The first-order valence-electron chi connectivity index (χ1n) is 35.7. The van der Waals surface area contributed by atoms with Gasteiger partial charge in [0.25, 0.3) is 0 Å². The lowest BCUT2D eigenvalue weighted by molar-refractivity contribution is 1.61. The summed E-state index contributed by atoms with van der Waals surface area (Å²) in [6.07, 6.45) is 0. The number of hydrogen-bond acceptors (Lipinski definition) is 0. The summed E-state index contributed by atoms with van der Waals surface area (Å²) < 4.78 is 0. The highest BCUT2D eigenvalue weighted by Gasteiger charge is 2.41. The standard InChI is InChI=1S/C102H58/c1-9-29-59(30-10-1)83-67-45-25-26-46-68(67)84(60-31-11-2-12-32-60)96-72-50-54-76-93-75(53-49-71(91(72)93)95(83)96)99-87(63-37-17-5-18-38-63)79-57-81-82(58-80(79)88(100(76)99)64-39-19-6-20-40-64)90(66-43-23-8-24-44-66)102-78-56-52-74-92-73(51-55-77(94(78)92)101(102)89(81)65-41-21-7-22-42-65)97-85(61-33-13-3-14-34-61)69-47-27-28-48-70(69)86(98(74)97)62-35-15-4-16-36-62/h1-58H. The molecule has 0 amide bonds. The Kier molecular flexibility index (Phi) is 11.5. The monoisotopic (exact) mass is 1280 g/mol. The van der Waals surface area contributed by atoms with Gasteiger partial charge >= 0.3 is 0 Å². The summed E-state index contributed by atoms with van der Waals surface area (Å²) in [7, 11) is 0. The molecule has 0 heteroatoms. The Bertz CT molecular complexity index is 6050. The van der Waals surface area contributed by atoms with Crippen molar-refractivity contribution in [3.8, 4) is 178 Å². The SMILES string of the molecule is c1ccc(-c2c3c(c(-c4ccccc4)c4ccccc24)-c2ccc4c5c(ccc-3c25)-c2c-4c(-c3ccccc3)c3cc4c(-c5ccccc5)c5c(c(-c6ccccc6)c4cc3c2-c2ccccc2)-c2ccc3c4c(ccc-5c24)-c2c-3c(-c3ccccc3)c3ccccc3c2-c2ccccc2)cc1. The zero-order chi connectivity index (χ0) is 66.4. The molecule has 19 aromatic rings. The summed E-state index contributed by atoms with van der Waals surface area (Å²) in [4.78, 5) is 0. The molecule has 102 heavy (non-hydrogen) atoms. The minimum Gasteiger partial charge on any atom is -0.0622 e. The minimum absolute atomic E-state index is 1.20. The fourth-order valence-corrected chi connectivity index (χ4v) is 19.4. The third-order valence-electron chi connectivity index (χ3n) is 23.1. The minimum atomic E-state index is 1.20. The molecule has 23 rings (SSSR count). The van der Waals surface area contributed by atoms with Crippen LogP contribution >= 0.6 is 0 Å². The molecule has 0 aromatic heterocycles. The fourth-order valence-electron chi connectivity index (χ4n) is 19.4. The Labute approximate surface area is 590 Å². The smallest absolute Gasteiger partial charge is 0.000740 e. The molecule has 0 fully saturated rings. The van der Waals surface area contributed by atoms with Crippen LogP contribution in [0.2, 0.25) is 0 Å². The molecular formula is C102H58. The molecule has 0 bridgehead atoms. The molecule has 466 valence electrons. The normalized spacial score (nSPS) is 12.3. The van der Waals surface area contributed by atoms with Gasteiger partial charge in [-0.15, -0.1) is 0 Å². The van der Waals surface area contributed by atoms with Crippen LogP contribution in [-0.4, -0.2) is 0 Å². The maximum absolute atomic E-state index is 2.64. The van der Waals surface area contributed by atoms with E-state index in [1.807, 2.05) is 0 Å². The molecule has 4 aliphatic carbocycles. The van der Waals surface area contributed by atoms with Gasteiger partial charge in [-0.2, -0.15) is 0 Å². The fraction of sp³-hybridized carbons (Fsp3) is 0. The Morgan fingerprint density at radius 2 is 0.225 bits per heavy atom. The Morgan fingerprint density at radius 3 is 0.373 bits per heavy atom. The molecule has 0 spiro atoms. The predicted molar refractivity (Wildman–Crippen MR) is 433 cm³/mol. The van der Waals surface area contributed by atoms with Crippen LogP contribution in [0, 0.1) is 0 Å². The molecule has 4 aliphatic rings. The zero-order valence-corrected chi connectivity index (χ0v) is 55.5. The van der Waals surface area contributed by atoms with E-state index in [-0.39, 0.29) is 0 Å². The van der Waals surface area contributed by atoms with E-state index >= 15 is 0 Å². The topological polar surface area (TPSA) is 0 Å². The quantitative estimate of drug-likeness (QED) is 0.133. The van der Waals surface area contributed by atoms with E-state index in [1.165, 1.54) is 243 Å². The van der Waals surface area contributed by atoms with Crippen LogP contribution in [-0.2, 0) is 0 Å². The molecule has 0 nitrogen and oxygen atoms in total. The molecule has 0 heterocycles. The second kappa shape index (κ2) is 21.1. The third kappa shape index (κ3) is 7.44. The third-order valence-corrected chi connectivity index (χ3v) is 23.1. The van der Waals surface area contributed by atoms with E-state index in [1.54, 1.807) is 0 Å². The summed E-state index contributed by atoms with van der Waals surface area (Å²) in [5.74, 6) is 0. The molecule has 0 atom stereocenters. The van der Waals surface area contributed by atoms with Crippen LogP contribution in [0.3, 0.4) is 0 Å². The van der Waals surface area contributed by atoms with Crippen molar-refractivity contribution >= 4 is 64.6 Å². The highest BCUT2D eigenvalue weighted by molar-refractivity contribution is 6.39. The average molecular weight is 1280 g/mol. The molecule has 0 N–H and O–H groups in total. The largest absolute Gasteiger partial charge is 0.0622 e. The number of hydrogen-bond donors (Lipinski definition) is 0. The van der Waals surface area contributed by atoms with Gasteiger partial charge in [0.1, 0.15) is 0 Å². The predicted octanol–water partition coefficient (Wildman–Crippen LogP) is 28.5. The van der Waals surface area contributed by atoms with Gasteiger partial charge in [0.05, 0.1) is 0 Å². The molecule has 0 saturated heterocycles. The lowest BCUT2D eigenvalue weighted by Crippen LogP contribution is -1.97. The first-order valence-corrected chi connectivity index (χ1v) is 35.7. The first kappa shape index (κ1) is 55.7. The van der Waals surface area contributed by atoms with Gasteiger partial charge in [-0.05, 0) is 255 Å². The van der Waals surface area contributed by atoms with Gasteiger partial charge in [-0.25, -0.2) is 0 Å².